The summed E-state index contributed by atoms with van der Waals surface area (Å²) in [6.07, 6.45) is 13.7. The summed E-state index contributed by atoms with van der Waals surface area (Å²) in [6.45, 7) is 15.2. The van der Waals surface area contributed by atoms with E-state index in [4.69, 9.17) is 10.2 Å². The molecule has 0 aliphatic carbocycles. The highest BCUT2D eigenvalue weighted by atomic mass is 32.2. The summed E-state index contributed by atoms with van der Waals surface area (Å²) in [4.78, 5) is 2.85. The Morgan fingerprint density at radius 1 is 0.730 bits per heavy atom. The van der Waals surface area contributed by atoms with Gasteiger partial charge in [0.25, 0.3) is 0 Å². The van der Waals surface area contributed by atoms with E-state index in [0.717, 1.165) is 22.3 Å². The van der Waals surface area contributed by atoms with Crippen LogP contribution in [0.4, 0.5) is 0 Å². The standard InChI is InChI=1S/C32H49N3OS/c1-8-9-10-11-12-13-14-15-16-17-20-37-25-18-19-27-28(23-25)34-35(33-27)29-22-24(31(2,3)4)21-26(30(29)36)32(5,6)7/h18-19,21-23,36H,8-17,20H2,1-7H3. The van der Waals surface area contributed by atoms with Crippen LogP contribution in [0.1, 0.15) is 124 Å². The van der Waals surface area contributed by atoms with Crippen LogP contribution in [-0.4, -0.2) is 25.9 Å². The number of phenolic OH excluding ortho intramolecular Hbond substituents is 1. The number of rotatable bonds is 13. The number of hydrogen-bond donors (Lipinski definition) is 1. The number of aromatic hydroxyl groups is 1. The van der Waals surface area contributed by atoms with Gasteiger partial charge in [-0.3, -0.25) is 0 Å². The quantitative estimate of drug-likeness (QED) is 0.179. The highest BCUT2D eigenvalue weighted by Gasteiger charge is 2.26. The summed E-state index contributed by atoms with van der Waals surface area (Å²) >= 11 is 1.91. The van der Waals surface area contributed by atoms with Gasteiger partial charge in [0.2, 0.25) is 0 Å². The molecule has 0 amide bonds. The third-order valence-corrected chi connectivity index (χ3v) is 8.18. The number of benzene rings is 2. The Balaban J connectivity index is 1.62. The summed E-state index contributed by atoms with van der Waals surface area (Å²) in [7, 11) is 0. The number of unbranched alkanes of at least 4 members (excludes halogenated alkanes) is 9. The number of aromatic nitrogens is 3. The van der Waals surface area contributed by atoms with Crippen molar-refractivity contribution in [2.75, 3.05) is 5.75 Å². The van der Waals surface area contributed by atoms with E-state index in [1.54, 1.807) is 4.80 Å². The normalized spacial score (nSPS) is 12.5. The monoisotopic (exact) mass is 523 g/mol. The SMILES string of the molecule is CCCCCCCCCCCCSc1ccc2nn(-c3cc(C(C)(C)C)cc(C(C)(C)C)c3O)nc2c1. The van der Waals surface area contributed by atoms with Gasteiger partial charge in [0.05, 0.1) is 0 Å². The smallest absolute Gasteiger partial charge is 0.146 e. The van der Waals surface area contributed by atoms with Gasteiger partial charge in [0.1, 0.15) is 22.5 Å². The Bertz CT molecular complexity index is 1140. The molecule has 1 aromatic heterocycles. The molecule has 0 saturated heterocycles. The van der Waals surface area contributed by atoms with E-state index in [-0.39, 0.29) is 16.6 Å². The molecule has 0 radical (unpaired) electrons. The molecule has 5 heteroatoms. The second-order valence-corrected chi connectivity index (χ2v) is 13.7. The molecule has 0 saturated carbocycles. The fourth-order valence-corrected chi connectivity index (χ4v) is 5.59. The molecule has 0 fully saturated rings. The molecule has 0 spiro atoms. The van der Waals surface area contributed by atoms with E-state index in [0.29, 0.717) is 5.69 Å². The molecule has 2 aromatic carbocycles. The Labute approximate surface area is 229 Å². The Hall–Kier alpha value is -2.01. The van der Waals surface area contributed by atoms with Crippen LogP contribution in [0.25, 0.3) is 16.7 Å². The van der Waals surface area contributed by atoms with Crippen molar-refractivity contribution in [3.8, 4) is 11.4 Å². The second-order valence-electron chi connectivity index (χ2n) is 12.6. The first-order valence-corrected chi connectivity index (χ1v) is 15.4. The second kappa shape index (κ2) is 13.2. The summed E-state index contributed by atoms with van der Waals surface area (Å²) in [5.41, 5.74) is 4.21. The first kappa shape index (κ1) is 29.5. The summed E-state index contributed by atoms with van der Waals surface area (Å²) in [6, 6.07) is 10.5. The maximum Gasteiger partial charge on any atom is 0.146 e. The van der Waals surface area contributed by atoms with Crippen LogP contribution in [0.5, 0.6) is 5.75 Å². The molecule has 0 bridgehead atoms. The minimum absolute atomic E-state index is 0.0481. The van der Waals surface area contributed by atoms with Crippen LogP contribution in [0.15, 0.2) is 35.2 Å². The lowest BCUT2D eigenvalue weighted by atomic mass is 9.80. The molecular formula is C32H49N3OS. The van der Waals surface area contributed by atoms with Gasteiger partial charge in [-0.25, -0.2) is 0 Å². The van der Waals surface area contributed by atoms with E-state index in [1.807, 2.05) is 17.8 Å². The van der Waals surface area contributed by atoms with Gasteiger partial charge >= 0.3 is 0 Å². The Morgan fingerprint density at radius 2 is 1.32 bits per heavy atom. The van der Waals surface area contributed by atoms with Crippen molar-refractivity contribution >= 4 is 22.8 Å². The number of phenols is 1. The van der Waals surface area contributed by atoms with E-state index in [2.05, 4.69) is 72.7 Å². The number of fused-ring (bicyclic) bond motifs is 1. The molecule has 3 rings (SSSR count). The molecule has 204 valence electrons. The highest BCUT2D eigenvalue weighted by Crippen LogP contribution is 2.39. The number of nitrogens with zero attached hydrogens (tertiary/aromatic N) is 3. The van der Waals surface area contributed by atoms with Crippen LogP contribution in [0.3, 0.4) is 0 Å². The minimum atomic E-state index is -0.189. The van der Waals surface area contributed by atoms with Crippen molar-refractivity contribution in [3.63, 3.8) is 0 Å². The topological polar surface area (TPSA) is 50.9 Å². The largest absolute Gasteiger partial charge is 0.505 e. The van der Waals surface area contributed by atoms with Crippen LogP contribution >= 0.6 is 11.8 Å². The van der Waals surface area contributed by atoms with Gasteiger partial charge in [-0.05, 0) is 52.8 Å². The zero-order chi connectivity index (χ0) is 27.1. The Kier molecular flexibility index (Phi) is 10.5. The highest BCUT2D eigenvalue weighted by molar-refractivity contribution is 7.99. The molecule has 37 heavy (non-hydrogen) atoms. The fraction of sp³-hybridized carbons (Fsp3) is 0.625. The molecule has 3 aromatic rings. The zero-order valence-corrected chi connectivity index (χ0v) is 25.2. The van der Waals surface area contributed by atoms with Gasteiger partial charge in [-0.1, -0.05) is 112 Å². The molecule has 0 atom stereocenters. The average molecular weight is 524 g/mol. The number of hydrogen-bond acceptors (Lipinski definition) is 4. The van der Waals surface area contributed by atoms with Crippen molar-refractivity contribution in [3.05, 3.63) is 41.5 Å². The predicted molar refractivity (Wildman–Crippen MR) is 160 cm³/mol. The fourth-order valence-electron chi connectivity index (χ4n) is 4.65. The van der Waals surface area contributed by atoms with E-state index >= 15 is 0 Å². The third kappa shape index (κ3) is 8.49. The van der Waals surface area contributed by atoms with Crippen molar-refractivity contribution in [1.82, 2.24) is 15.0 Å². The minimum Gasteiger partial charge on any atom is -0.505 e. The van der Waals surface area contributed by atoms with Gasteiger partial charge in [0.15, 0.2) is 0 Å². The van der Waals surface area contributed by atoms with Crippen molar-refractivity contribution in [2.45, 2.75) is 128 Å². The van der Waals surface area contributed by atoms with Crippen LogP contribution < -0.4 is 0 Å². The van der Waals surface area contributed by atoms with Crippen molar-refractivity contribution < 1.29 is 5.11 Å². The molecule has 4 nitrogen and oxygen atoms in total. The summed E-state index contributed by atoms with van der Waals surface area (Å²) in [5, 5.41) is 20.7. The van der Waals surface area contributed by atoms with Crippen molar-refractivity contribution in [1.29, 1.82) is 0 Å². The van der Waals surface area contributed by atoms with Crippen LogP contribution in [0, 0.1) is 0 Å². The third-order valence-electron chi connectivity index (χ3n) is 7.10. The molecule has 0 aliphatic rings. The maximum absolute atomic E-state index is 11.2. The van der Waals surface area contributed by atoms with Gasteiger partial charge < -0.3 is 5.11 Å². The number of thioether (sulfide) groups is 1. The van der Waals surface area contributed by atoms with E-state index < -0.39 is 0 Å². The van der Waals surface area contributed by atoms with Crippen LogP contribution in [-0.2, 0) is 10.8 Å². The molecule has 0 unspecified atom stereocenters. The van der Waals surface area contributed by atoms with E-state index in [9.17, 15) is 5.11 Å². The first-order valence-electron chi connectivity index (χ1n) is 14.4. The van der Waals surface area contributed by atoms with Gasteiger partial charge in [0, 0.05) is 10.5 Å². The van der Waals surface area contributed by atoms with Gasteiger partial charge in [-0.15, -0.1) is 26.8 Å². The molecule has 1 N–H and O–H groups in total. The van der Waals surface area contributed by atoms with Gasteiger partial charge in [-0.2, -0.15) is 0 Å². The lowest BCUT2D eigenvalue weighted by Crippen LogP contribution is -2.18. The summed E-state index contributed by atoms with van der Waals surface area (Å²) in [5.74, 6) is 1.40. The molecule has 1 heterocycles. The lowest BCUT2D eigenvalue weighted by molar-refractivity contribution is 0.438. The molecule has 0 aliphatic heterocycles. The molecular weight excluding hydrogens is 474 g/mol. The lowest BCUT2D eigenvalue weighted by Gasteiger charge is -2.27. The zero-order valence-electron chi connectivity index (χ0n) is 24.4. The van der Waals surface area contributed by atoms with E-state index in [1.165, 1.54) is 74.7 Å². The first-order chi connectivity index (χ1) is 17.5. The average Bonchev–Trinajstić information content (AvgIpc) is 3.24. The maximum atomic E-state index is 11.2. The van der Waals surface area contributed by atoms with Crippen LogP contribution in [0.2, 0.25) is 0 Å². The predicted octanol–water partition coefficient (Wildman–Crippen LogP) is 9.73. The Morgan fingerprint density at radius 3 is 1.92 bits per heavy atom. The van der Waals surface area contributed by atoms with Crippen molar-refractivity contribution in [2.24, 2.45) is 0 Å². The summed E-state index contributed by atoms with van der Waals surface area (Å²) < 4.78 is 0.